The first-order chi connectivity index (χ1) is 9.75. The van der Waals surface area contributed by atoms with Gasteiger partial charge in [0.05, 0.1) is 5.56 Å². The van der Waals surface area contributed by atoms with Gasteiger partial charge in [-0.15, -0.1) is 0 Å². The van der Waals surface area contributed by atoms with Crippen LogP contribution < -0.4 is 14.8 Å². The van der Waals surface area contributed by atoms with Crippen molar-refractivity contribution in [2.24, 2.45) is 0 Å². The Morgan fingerprint density at radius 3 is 3.05 bits per heavy atom. The molecule has 1 fully saturated rings. The topological polar surface area (TPSA) is 50.8 Å². The molecule has 20 heavy (non-hydrogen) atoms. The van der Waals surface area contributed by atoms with Crippen LogP contribution in [-0.2, 0) is 0 Å². The highest BCUT2D eigenvalue weighted by molar-refractivity contribution is 5.97. The second-order valence-corrected chi connectivity index (χ2v) is 5.31. The van der Waals surface area contributed by atoms with E-state index in [1.54, 1.807) is 11.0 Å². The van der Waals surface area contributed by atoms with Crippen molar-refractivity contribution >= 4 is 5.91 Å². The highest BCUT2D eigenvalue weighted by Gasteiger charge is 2.24. The van der Waals surface area contributed by atoms with Crippen LogP contribution in [0.3, 0.4) is 0 Å². The number of nitrogens with zero attached hydrogens (tertiary/aromatic N) is 1. The van der Waals surface area contributed by atoms with E-state index in [4.69, 9.17) is 9.47 Å². The summed E-state index contributed by atoms with van der Waals surface area (Å²) in [6, 6.07) is 5.88. The summed E-state index contributed by atoms with van der Waals surface area (Å²) in [5.74, 6) is 1.23. The standard InChI is InChI=1S/C15H20N2O3/c1-17(10-11-4-3-7-16-11)15(18)12-5-2-6-13-14(12)20-9-8-19-13/h2,5-6,11,16H,3-4,7-10H2,1H3. The van der Waals surface area contributed by atoms with Crippen LogP contribution in [-0.4, -0.2) is 50.2 Å². The van der Waals surface area contributed by atoms with E-state index in [0.717, 1.165) is 19.5 Å². The molecular weight excluding hydrogens is 256 g/mol. The Kier molecular flexibility index (Phi) is 3.78. The molecule has 108 valence electrons. The number of carbonyl (C=O) groups is 1. The third kappa shape index (κ3) is 2.58. The zero-order valence-corrected chi connectivity index (χ0v) is 11.7. The van der Waals surface area contributed by atoms with Crippen molar-refractivity contribution in [2.45, 2.75) is 18.9 Å². The predicted molar refractivity (Wildman–Crippen MR) is 75.4 cm³/mol. The van der Waals surface area contributed by atoms with E-state index in [-0.39, 0.29) is 5.91 Å². The number of hydrogen-bond acceptors (Lipinski definition) is 4. The quantitative estimate of drug-likeness (QED) is 0.903. The molecule has 1 N–H and O–H groups in total. The van der Waals surface area contributed by atoms with E-state index in [0.29, 0.717) is 36.3 Å². The molecule has 1 saturated heterocycles. The molecule has 5 heteroatoms. The van der Waals surface area contributed by atoms with Gasteiger partial charge in [-0.3, -0.25) is 4.79 Å². The van der Waals surface area contributed by atoms with Crippen molar-refractivity contribution in [2.75, 3.05) is 33.4 Å². The number of benzene rings is 1. The highest BCUT2D eigenvalue weighted by Crippen LogP contribution is 2.34. The molecule has 0 saturated carbocycles. The summed E-state index contributed by atoms with van der Waals surface area (Å²) in [6.07, 6.45) is 2.31. The van der Waals surface area contributed by atoms with Crippen molar-refractivity contribution in [3.8, 4) is 11.5 Å². The van der Waals surface area contributed by atoms with E-state index in [2.05, 4.69) is 5.32 Å². The lowest BCUT2D eigenvalue weighted by atomic mass is 10.1. The van der Waals surface area contributed by atoms with E-state index < -0.39 is 0 Å². The van der Waals surface area contributed by atoms with E-state index in [1.165, 1.54) is 6.42 Å². The normalized spacial score (nSPS) is 20.8. The molecule has 1 aromatic rings. The maximum absolute atomic E-state index is 12.6. The lowest BCUT2D eigenvalue weighted by Crippen LogP contribution is -2.38. The van der Waals surface area contributed by atoms with Crippen LogP contribution in [0.25, 0.3) is 0 Å². The monoisotopic (exact) mass is 276 g/mol. The molecule has 3 rings (SSSR count). The Morgan fingerprint density at radius 1 is 1.40 bits per heavy atom. The maximum Gasteiger partial charge on any atom is 0.257 e. The molecule has 0 radical (unpaired) electrons. The van der Waals surface area contributed by atoms with Crippen LogP contribution in [0.1, 0.15) is 23.2 Å². The van der Waals surface area contributed by atoms with Crippen molar-refractivity contribution in [1.82, 2.24) is 10.2 Å². The minimum absolute atomic E-state index is 0.0129. The summed E-state index contributed by atoms with van der Waals surface area (Å²) >= 11 is 0. The molecule has 0 aliphatic carbocycles. The Hall–Kier alpha value is -1.75. The summed E-state index contributed by atoms with van der Waals surface area (Å²) in [7, 11) is 1.84. The molecule has 2 aliphatic rings. The second kappa shape index (κ2) is 5.71. The fraction of sp³-hybridized carbons (Fsp3) is 0.533. The van der Waals surface area contributed by atoms with Gasteiger partial charge in [0.2, 0.25) is 0 Å². The van der Waals surface area contributed by atoms with Gasteiger partial charge in [0, 0.05) is 19.6 Å². The minimum atomic E-state index is -0.0129. The Balaban J connectivity index is 1.76. The number of rotatable bonds is 3. The lowest BCUT2D eigenvalue weighted by molar-refractivity contribution is 0.0773. The van der Waals surface area contributed by atoms with E-state index in [9.17, 15) is 4.79 Å². The molecule has 1 atom stereocenters. The number of para-hydroxylation sites is 1. The Labute approximate surface area is 118 Å². The summed E-state index contributed by atoms with van der Waals surface area (Å²) in [5.41, 5.74) is 0.586. The molecular formula is C15H20N2O3. The number of likely N-dealkylation sites (N-methyl/N-ethyl adjacent to an activating group) is 1. The van der Waals surface area contributed by atoms with Gasteiger partial charge in [0.25, 0.3) is 5.91 Å². The molecule has 1 amide bonds. The number of nitrogens with one attached hydrogen (secondary N) is 1. The number of amides is 1. The van der Waals surface area contributed by atoms with Gasteiger partial charge in [-0.2, -0.15) is 0 Å². The zero-order chi connectivity index (χ0) is 13.9. The van der Waals surface area contributed by atoms with Crippen LogP contribution >= 0.6 is 0 Å². The Bertz CT molecular complexity index is 498. The average Bonchev–Trinajstić information content (AvgIpc) is 2.99. The van der Waals surface area contributed by atoms with Crippen LogP contribution in [0, 0.1) is 0 Å². The van der Waals surface area contributed by atoms with Crippen LogP contribution in [0.4, 0.5) is 0 Å². The molecule has 0 aromatic heterocycles. The number of hydrogen-bond donors (Lipinski definition) is 1. The third-order valence-corrected chi connectivity index (χ3v) is 3.80. The molecule has 5 nitrogen and oxygen atoms in total. The fourth-order valence-electron chi connectivity index (χ4n) is 2.77. The van der Waals surface area contributed by atoms with Gasteiger partial charge in [-0.05, 0) is 31.5 Å². The second-order valence-electron chi connectivity index (χ2n) is 5.31. The van der Waals surface area contributed by atoms with Gasteiger partial charge >= 0.3 is 0 Å². The van der Waals surface area contributed by atoms with Crippen LogP contribution in [0.2, 0.25) is 0 Å². The summed E-state index contributed by atoms with van der Waals surface area (Å²) < 4.78 is 11.1. The molecule has 0 spiro atoms. The first kappa shape index (κ1) is 13.2. The molecule has 1 aromatic carbocycles. The van der Waals surface area contributed by atoms with Crippen molar-refractivity contribution in [3.05, 3.63) is 23.8 Å². The lowest BCUT2D eigenvalue weighted by Gasteiger charge is -2.25. The van der Waals surface area contributed by atoms with Gasteiger partial charge < -0.3 is 19.7 Å². The number of fused-ring (bicyclic) bond motifs is 1. The average molecular weight is 276 g/mol. The first-order valence-corrected chi connectivity index (χ1v) is 7.13. The summed E-state index contributed by atoms with van der Waals surface area (Å²) in [4.78, 5) is 14.3. The maximum atomic E-state index is 12.6. The molecule has 2 aliphatic heterocycles. The number of ether oxygens (including phenoxy) is 2. The smallest absolute Gasteiger partial charge is 0.257 e. The minimum Gasteiger partial charge on any atom is -0.486 e. The van der Waals surface area contributed by atoms with Crippen molar-refractivity contribution in [1.29, 1.82) is 0 Å². The van der Waals surface area contributed by atoms with Gasteiger partial charge in [0.1, 0.15) is 13.2 Å². The summed E-state index contributed by atoms with van der Waals surface area (Å²) in [6.45, 7) is 2.80. The molecule has 1 unspecified atom stereocenters. The largest absolute Gasteiger partial charge is 0.486 e. The van der Waals surface area contributed by atoms with Crippen LogP contribution in [0.15, 0.2) is 18.2 Å². The van der Waals surface area contributed by atoms with Gasteiger partial charge in [-0.1, -0.05) is 6.07 Å². The summed E-state index contributed by atoms with van der Waals surface area (Å²) in [5, 5.41) is 3.41. The first-order valence-electron chi connectivity index (χ1n) is 7.13. The SMILES string of the molecule is CN(CC1CCCN1)C(=O)c1cccc2c1OCCO2. The van der Waals surface area contributed by atoms with Crippen molar-refractivity contribution in [3.63, 3.8) is 0 Å². The van der Waals surface area contributed by atoms with E-state index in [1.807, 2.05) is 19.2 Å². The highest BCUT2D eigenvalue weighted by atomic mass is 16.6. The fourth-order valence-corrected chi connectivity index (χ4v) is 2.77. The van der Waals surface area contributed by atoms with Crippen molar-refractivity contribution < 1.29 is 14.3 Å². The van der Waals surface area contributed by atoms with Gasteiger partial charge in [-0.25, -0.2) is 0 Å². The van der Waals surface area contributed by atoms with Gasteiger partial charge in [0.15, 0.2) is 11.5 Å². The number of carbonyl (C=O) groups excluding carboxylic acids is 1. The molecule has 0 bridgehead atoms. The van der Waals surface area contributed by atoms with Crippen LogP contribution in [0.5, 0.6) is 11.5 Å². The third-order valence-electron chi connectivity index (χ3n) is 3.80. The van der Waals surface area contributed by atoms with E-state index >= 15 is 0 Å². The zero-order valence-electron chi connectivity index (χ0n) is 11.7. The molecule has 2 heterocycles. The Morgan fingerprint density at radius 2 is 2.25 bits per heavy atom. The predicted octanol–water partition coefficient (Wildman–Crippen LogP) is 1.28.